The quantitative estimate of drug-likeness (QED) is 0.686. The highest BCUT2D eigenvalue weighted by Crippen LogP contribution is 2.30. The summed E-state index contributed by atoms with van der Waals surface area (Å²) >= 11 is 0. The van der Waals surface area contributed by atoms with Gasteiger partial charge < -0.3 is 8.83 Å². The highest BCUT2D eigenvalue weighted by molar-refractivity contribution is 5.61. The summed E-state index contributed by atoms with van der Waals surface area (Å²) in [6.45, 7) is 0. The first-order valence-electron chi connectivity index (χ1n) is 3.47. The van der Waals surface area contributed by atoms with Crippen LogP contribution in [0.5, 0.6) is 0 Å². The van der Waals surface area contributed by atoms with E-state index in [-0.39, 0.29) is 11.3 Å². The van der Waals surface area contributed by atoms with Crippen LogP contribution in [-0.4, -0.2) is 0 Å². The molecule has 2 aliphatic heterocycles. The molecule has 0 spiro atoms. The molecule has 0 N–H and O–H groups in total. The molecular weight excluding hydrogens is 182 g/mol. The number of halogens is 2. The molecule has 13 heavy (non-hydrogen) atoms. The van der Waals surface area contributed by atoms with Gasteiger partial charge in [-0.3, -0.25) is 0 Å². The Kier molecular flexibility index (Phi) is 1.65. The molecule has 0 atom stereocenters. The molecule has 2 aliphatic rings. The first kappa shape index (κ1) is 7.97. The monoisotopic (exact) mass is 186 g/mol. The molecule has 0 aliphatic carbocycles. The Morgan fingerprint density at radius 3 is 2.85 bits per heavy atom. The molecule has 0 saturated carbocycles. The van der Waals surface area contributed by atoms with Gasteiger partial charge in [0.15, 0.2) is 5.76 Å². The van der Waals surface area contributed by atoms with Gasteiger partial charge in [0.05, 0.1) is 6.26 Å². The van der Waals surface area contributed by atoms with Crippen LogP contribution in [0.25, 0.3) is 11.3 Å². The summed E-state index contributed by atoms with van der Waals surface area (Å²) in [5.74, 6) is 0.0443. The van der Waals surface area contributed by atoms with Gasteiger partial charge >= 0.3 is 5.63 Å². The van der Waals surface area contributed by atoms with E-state index in [2.05, 4.69) is 8.83 Å². The van der Waals surface area contributed by atoms with Crippen molar-refractivity contribution in [3.05, 3.63) is 34.6 Å². The average molecular weight is 186 g/mol. The fraction of sp³-hybridized carbons (Fsp3) is 0.125. The summed E-state index contributed by atoms with van der Waals surface area (Å²) in [6, 6.07) is 1.28. The fourth-order valence-corrected chi connectivity index (χ4v) is 1.13. The van der Waals surface area contributed by atoms with Crippen molar-refractivity contribution in [1.82, 2.24) is 0 Å². The fourth-order valence-electron chi connectivity index (χ4n) is 1.13. The lowest BCUT2D eigenvalue weighted by Gasteiger charge is -1.95. The molecular formula is C8H4F2O3. The number of hydrogen-bond acceptors (Lipinski definition) is 3. The number of furan rings is 1. The molecule has 3 nitrogen and oxygen atoms in total. The predicted molar refractivity (Wildman–Crippen MR) is 38.8 cm³/mol. The summed E-state index contributed by atoms with van der Waals surface area (Å²) in [6.07, 6.45) is -0.498. The molecule has 2 heterocycles. The van der Waals surface area contributed by atoms with Crippen molar-refractivity contribution in [1.29, 1.82) is 0 Å². The van der Waals surface area contributed by atoms with E-state index >= 15 is 0 Å². The predicted octanol–water partition coefficient (Wildman–Crippen LogP) is 2.28. The zero-order valence-corrected chi connectivity index (χ0v) is 6.29. The molecule has 0 aromatic carbocycles. The van der Waals surface area contributed by atoms with Crippen molar-refractivity contribution in [3.8, 4) is 11.3 Å². The summed E-state index contributed by atoms with van der Waals surface area (Å²) in [4.78, 5) is 10.9. The second kappa shape index (κ2) is 2.69. The van der Waals surface area contributed by atoms with Crippen LogP contribution in [0.15, 0.2) is 32.2 Å². The van der Waals surface area contributed by atoms with Crippen LogP contribution in [0.3, 0.4) is 0 Å². The van der Waals surface area contributed by atoms with Crippen molar-refractivity contribution in [3.63, 3.8) is 0 Å². The molecule has 0 aromatic rings. The van der Waals surface area contributed by atoms with Gasteiger partial charge in [-0.15, -0.1) is 0 Å². The lowest BCUT2D eigenvalue weighted by atomic mass is 10.1. The first-order chi connectivity index (χ1) is 6.20. The van der Waals surface area contributed by atoms with Gasteiger partial charge in [-0.1, -0.05) is 0 Å². The van der Waals surface area contributed by atoms with Gasteiger partial charge in [0.25, 0.3) is 6.43 Å². The van der Waals surface area contributed by atoms with Crippen LogP contribution in [0.2, 0.25) is 0 Å². The Labute approximate surface area is 70.9 Å². The maximum atomic E-state index is 12.3. The highest BCUT2D eigenvalue weighted by atomic mass is 19.3. The van der Waals surface area contributed by atoms with Crippen molar-refractivity contribution in [2.75, 3.05) is 0 Å². The third kappa shape index (κ3) is 1.12. The number of alkyl halides is 2. The van der Waals surface area contributed by atoms with Crippen LogP contribution in [0.1, 0.15) is 12.0 Å². The van der Waals surface area contributed by atoms with Gasteiger partial charge in [0.2, 0.25) is 0 Å². The van der Waals surface area contributed by atoms with Gasteiger partial charge in [-0.2, -0.15) is 0 Å². The van der Waals surface area contributed by atoms with Gasteiger partial charge in [0, 0.05) is 5.56 Å². The normalized spacial score (nSPS) is 11.3. The minimum absolute atomic E-state index is 0.0443. The lowest BCUT2D eigenvalue weighted by Crippen LogP contribution is -2.01. The highest BCUT2D eigenvalue weighted by Gasteiger charge is 2.24. The zero-order valence-electron chi connectivity index (χ0n) is 6.29. The van der Waals surface area contributed by atoms with Crippen LogP contribution in [0, 0.1) is 0 Å². The SMILES string of the molecule is O=c1oc2coccc-2c1C(F)F. The van der Waals surface area contributed by atoms with E-state index in [1.165, 1.54) is 12.3 Å². The average Bonchev–Trinajstić information content (AvgIpc) is 2.39. The Hall–Kier alpha value is -1.65. The van der Waals surface area contributed by atoms with Crippen molar-refractivity contribution in [2.45, 2.75) is 6.43 Å². The summed E-state index contributed by atoms with van der Waals surface area (Å²) in [7, 11) is 0. The van der Waals surface area contributed by atoms with Crippen molar-refractivity contribution in [2.24, 2.45) is 0 Å². The van der Waals surface area contributed by atoms with Crippen LogP contribution in [-0.2, 0) is 0 Å². The molecule has 0 radical (unpaired) electrons. The van der Waals surface area contributed by atoms with Crippen molar-refractivity contribution < 1.29 is 17.6 Å². The second-order valence-corrected chi connectivity index (χ2v) is 2.44. The summed E-state index contributed by atoms with van der Waals surface area (Å²) in [5, 5.41) is 0. The largest absolute Gasteiger partial charge is 0.469 e. The molecule has 0 unspecified atom stereocenters. The molecule has 5 heteroatoms. The Balaban J connectivity index is 2.77. The topological polar surface area (TPSA) is 43.4 Å². The van der Waals surface area contributed by atoms with Gasteiger partial charge in [-0.05, 0) is 6.07 Å². The standard InChI is InChI=1S/C8H4F2O3/c9-7(10)6-4-1-2-12-3-5(4)13-8(6)11/h1-3,7H. The van der Waals surface area contributed by atoms with Crippen molar-refractivity contribution >= 4 is 0 Å². The smallest absolute Gasteiger partial charge is 0.346 e. The van der Waals surface area contributed by atoms with Gasteiger partial charge in [0.1, 0.15) is 11.8 Å². The van der Waals surface area contributed by atoms with E-state index in [1.807, 2.05) is 0 Å². The summed E-state index contributed by atoms with van der Waals surface area (Å²) in [5.41, 5.74) is -1.51. The van der Waals surface area contributed by atoms with E-state index < -0.39 is 17.6 Å². The minimum Gasteiger partial charge on any atom is -0.469 e. The zero-order chi connectivity index (χ0) is 9.42. The van der Waals surface area contributed by atoms with Crippen LogP contribution in [0.4, 0.5) is 8.78 Å². The lowest BCUT2D eigenvalue weighted by molar-refractivity contribution is 0.149. The molecule has 0 saturated heterocycles. The number of rotatable bonds is 1. The molecule has 2 rings (SSSR count). The number of hydrogen-bond donors (Lipinski definition) is 0. The number of fused-ring (bicyclic) bond motifs is 1. The van der Waals surface area contributed by atoms with E-state index in [0.29, 0.717) is 0 Å². The Morgan fingerprint density at radius 1 is 1.38 bits per heavy atom. The molecule has 0 bridgehead atoms. The molecule has 0 fully saturated rings. The van der Waals surface area contributed by atoms with E-state index in [0.717, 1.165) is 6.26 Å². The second-order valence-electron chi connectivity index (χ2n) is 2.44. The van der Waals surface area contributed by atoms with Gasteiger partial charge in [-0.25, -0.2) is 13.6 Å². The summed E-state index contributed by atoms with van der Waals surface area (Å²) < 4.78 is 33.8. The Bertz CT molecular complexity index is 443. The molecule has 0 amide bonds. The molecule has 68 valence electrons. The van der Waals surface area contributed by atoms with E-state index in [1.54, 1.807) is 0 Å². The van der Waals surface area contributed by atoms with Crippen LogP contribution < -0.4 is 5.63 Å². The Morgan fingerprint density at radius 2 is 2.15 bits per heavy atom. The maximum Gasteiger partial charge on any atom is 0.346 e. The minimum atomic E-state index is -2.82. The first-order valence-corrected chi connectivity index (χ1v) is 3.47. The maximum absolute atomic E-state index is 12.3. The third-order valence-electron chi connectivity index (χ3n) is 1.68. The van der Waals surface area contributed by atoms with E-state index in [4.69, 9.17) is 0 Å². The van der Waals surface area contributed by atoms with E-state index in [9.17, 15) is 13.6 Å². The third-order valence-corrected chi connectivity index (χ3v) is 1.68. The van der Waals surface area contributed by atoms with Crippen LogP contribution >= 0.6 is 0 Å². The molecule has 0 aromatic heterocycles.